The number of alkyl halides is 2. The Bertz CT molecular complexity index is 383. The molecule has 1 fully saturated rings. The van der Waals surface area contributed by atoms with Gasteiger partial charge in [0, 0.05) is 31.6 Å². The quantitative estimate of drug-likeness (QED) is 0.785. The number of hydrogen-bond donors (Lipinski definition) is 0. The Balaban J connectivity index is 2.27. The van der Waals surface area contributed by atoms with Crippen molar-refractivity contribution >= 4 is 5.69 Å². The summed E-state index contributed by atoms with van der Waals surface area (Å²) in [4.78, 5) is 2.15. The van der Waals surface area contributed by atoms with E-state index in [1.54, 1.807) is 0 Å². The zero-order valence-electron chi connectivity index (χ0n) is 11.2. The fourth-order valence-electron chi connectivity index (χ4n) is 2.68. The van der Waals surface area contributed by atoms with Gasteiger partial charge in [-0.2, -0.15) is 0 Å². The van der Waals surface area contributed by atoms with Gasteiger partial charge in [0.15, 0.2) is 0 Å². The molecule has 1 aliphatic rings. The minimum Gasteiger partial charge on any atom is -0.371 e. The zero-order valence-corrected chi connectivity index (χ0v) is 11.2. The lowest BCUT2D eigenvalue weighted by Gasteiger charge is -2.35. The number of anilines is 1. The molecule has 0 radical (unpaired) electrons. The minimum absolute atomic E-state index is 0.0196. The minimum atomic E-state index is -2.47. The van der Waals surface area contributed by atoms with Crippen LogP contribution in [0.15, 0.2) is 18.2 Å². The highest BCUT2D eigenvalue weighted by Crippen LogP contribution is 2.34. The van der Waals surface area contributed by atoms with Crippen molar-refractivity contribution in [3.05, 3.63) is 29.3 Å². The molecule has 0 spiro atoms. The molecule has 18 heavy (non-hydrogen) atoms. The van der Waals surface area contributed by atoms with Crippen LogP contribution in [0.3, 0.4) is 0 Å². The number of aryl methyl sites for hydroxylation is 2. The van der Waals surface area contributed by atoms with E-state index in [0.29, 0.717) is 13.1 Å². The Morgan fingerprint density at radius 3 is 2.00 bits per heavy atom. The van der Waals surface area contributed by atoms with Crippen molar-refractivity contribution < 1.29 is 8.78 Å². The van der Waals surface area contributed by atoms with E-state index in [4.69, 9.17) is 0 Å². The molecule has 0 amide bonds. The van der Waals surface area contributed by atoms with Gasteiger partial charge in [0.05, 0.1) is 0 Å². The van der Waals surface area contributed by atoms with Gasteiger partial charge < -0.3 is 4.90 Å². The molecular weight excluding hydrogens is 232 g/mol. The van der Waals surface area contributed by atoms with Gasteiger partial charge in [0.25, 0.3) is 5.92 Å². The molecule has 1 saturated heterocycles. The molecule has 0 aromatic heterocycles. The summed E-state index contributed by atoms with van der Waals surface area (Å²) in [5, 5.41) is 0. The van der Waals surface area contributed by atoms with Gasteiger partial charge in [-0.3, -0.25) is 0 Å². The molecule has 0 N–H and O–H groups in total. The standard InChI is InChI=1S/C15H21F2N/c1-3-12-6-5-7-13(4-2)14(12)18-10-8-15(16,17)9-11-18/h5-7H,3-4,8-11H2,1-2H3. The third-order valence-electron chi connectivity index (χ3n) is 3.78. The van der Waals surface area contributed by atoms with E-state index in [1.165, 1.54) is 16.8 Å². The first kappa shape index (κ1) is 13.3. The van der Waals surface area contributed by atoms with Crippen LogP contribution in [0.5, 0.6) is 0 Å². The Hall–Kier alpha value is -1.12. The van der Waals surface area contributed by atoms with Crippen LogP contribution in [0.4, 0.5) is 14.5 Å². The molecule has 100 valence electrons. The highest BCUT2D eigenvalue weighted by atomic mass is 19.3. The maximum Gasteiger partial charge on any atom is 0.251 e. The van der Waals surface area contributed by atoms with E-state index >= 15 is 0 Å². The average molecular weight is 253 g/mol. The second-order valence-corrected chi connectivity index (χ2v) is 4.97. The van der Waals surface area contributed by atoms with E-state index in [2.05, 4.69) is 36.9 Å². The topological polar surface area (TPSA) is 3.24 Å². The number of rotatable bonds is 3. The zero-order chi connectivity index (χ0) is 13.2. The average Bonchev–Trinajstić information content (AvgIpc) is 2.38. The smallest absolute Gasteiger partial charge is 0.251 e. The third kappa shape index (κ3) is 2.65. The number of para-hydroxylation sites is 1. The van der Waals surface area contributed by atoms with Crippen molar-refractivity contribution in [1.29, 1.82) is 0 Å². The predicted octanol–water partition coefficient (Wildman–Crippen LogP) is 4.05. The molecule has 0 unspecified atom stereocenters. The lowest BCUT2D eigenvalue weighted by Crippen LogP contribution is -2.40. The first-order valence-corrected chi connectivity index (χ1v) is 6.81. The van der Waals surface area contributed by atoms with Crippen molar-refractivity contribution in [2.75, 3.05) is 18.0 Å². The van der Waals surface area contributed by atoms with Crippen molar-refractivity contribution in [3.8, 4) is 0 Å². The van der Waals surface area contributed by atoms with Crippen molar-refractivity contribution in [1.82, 2.24) is 0 Å². The SMILES string of the molecule is CCc1cccc(CC)c1N1CCC(F)(F)CC1. The predicted molar refractivity (Wildman–Crippen MR) is 71.6 cm³/mol. The van der Waals surface area contributed by atoms with E-state index < -0.39 is 5.92 Å². The fraction of sp³-hybridized carbons (Fsp3) is 0.600. The number of halogens is 2. The lowest BCUT2D eigenvalue weighted by atomic mass is 9.98. The largest absolute Gasteiger partial charge is 0.371 e. The highest BCUT2D eigenvalue weighted by molar-refractivity contribution is 5.60. The number of benzene rings is 1. The van der Waals surface area contributed by atoms with Crippen LogP contribution in [0.2, 0.25) is 0 Å². The van der Waals surface area contributed by atoms with Gasteiger partial charge in [0.2, 0.25) is 0 Å². The molecule has 1 aromatic carbocycles. The van der Waals surface area contributed by atoms with Gasteiger partial charge in [-0.15, -0.1) is 0 Å². The van der Waals surface area contributed by atoms with Gasteiger partial charge in [0.1, 0.15) is 0 Å². The molecule has 0 bridgehead atoms. The molecule has 1 nitrogen and oxygen atoms in total. The Morgan fingerprint density at radius 1 is 1.06 bits per heavy atom. The second kappa shape index (κ2) is 5.25. The lowest BCUT2D eigenvalue weighted by molar-refractivity contribution is -0.0220. The summed E-state index contributed by atoms with van der Waals surface area (Å²) in [6, 6.07) is 6.29. The van der Waals surface area contributed by atoms with Crippen LogP contribution < -0.4 is 4.90 Å². The second-order valence-electron chi connectivity index (χ2n) is 4.97. The fourth-order valence-corrected chi connectivity index (χ4v) is 2.68. The summed E-state index contributed by atoms with van der Waals surface area (Å²) in [6.45, 7) is 5.18. The van der Waals surface area contributed by atoms with Gasteiger partial charge in [-0.25, -0.2) is 8.78 Å². The summed E-state index contributed by atoms with van der Waals surface area (Å²) in [6.07, 6.45) is 1.87. The molecular formula is C15H21F2N. The molecule has 1 aliphatic heterocycles. The third-order valence-corrected chi connectivity index (χ3v) is 3.78. The van der Waals surface area contributed by atoms with Crippen LogP contribution >= 0.6 is 0 Å². The van der Waals surface area contributed by atoms with Gasteiger partial charge in [-0.05, 0) is 24.0 Å². The van der Waals surface area contributed by atoms with Crippen molar-refractivity contribution in [2.45, 2.75) is 45.5 Å². The molecule has 1 aromatic rings. The number of hydrogen-bond acceptors (Lipinski definition) is 1. The maximum atomic E-state index is 13.2. The van der Waals surface area contributed by atoms with Crippen LogP contribution in [-0.4, -0.2) is 19.0 Å². The molecule has 3 heteroatoms. The Labute approximate surface area is 108 Å². The van der Waals surface area contributed by atoms with Crippen LogP contribution in [0, 0.1) is 0 Å². The highest BCUT2D eigenvalue weighted by Gasteiger charge is 2.34. The summed E-state index contributed by atoms with van der Waals surface area (Å²) in [5.74, 6) is -2.47. The van der Waals surface area contributed by atoms with Gasteiger partial charge >= 0.3 is 0 Å². The van der Waals surface area contributed by atoms with Crippen LogP contribution in [-0.2, 0) is 12.8 Å². The van der Waals surface area contributed by atoms with E-state index in [-0.39, 0.29) is 12.8 Å². The van der Waals surface area contributed by atoms with Crippen LogP contribution in [0.1, 0.15) is 37.8 Å². The van der Waals surface area contributed by atoms with E-state index in [1.807, 2.05) is 0 Å². The molecule has 0 aliphatic carbocycles. The van der Waals surface area contributed by atoms with Crippen molar-refractivity contribution in [3.63, 3.8) is 0 Å². The normalized spacial score (nSPS) is 19.0. The van der Waals surface area contributed by atoms with Crippen LogP contribution in [0.25, 0.3) is 0 Å². The summed E-state index contributed by atoms with van der Waals surface area (Å²) >= 11 is 0. The number of piperidine rings is 1. The first-order valence-electron chi connectivity index (χ1n) is 6.81. The summed E-state index contributed by atoms with van der Waals surface area (Å²) < 4.78 is 26.5. The molecule has 1 heterocycles. The number of nitrogens with zero attached hydrogens (tertiary/aromatic N) is 1. The van der Waals surface area contributed by atoms with Crippen molar-refractivity contribution in [2.24, 2.45) is 0 Å². The Kier molecular flexibility index (Phi) is 3.88. The first-order chi connectivity index (χ1) is 8.57. The monoisotopic (exact) mass is 253 g/mol. The molecule has 0 atom stereocenters. The van der Waals surface area contributed by atoms with E-state index in [9.17, 15) is 8.78 Å². The summed E-state index contributed by atoms with van der Waals surface area (Å²) in [5.41, 5.74) is 3.76. The Morgan fingerprint density at radius 2 is 1.56 bits per heavy atom. The maximum absolute atomic E-state index is 13.2. The molecule has 2 rings (SSSR count). The summed E-state index contributed by atoms with van der Waals surface area (Å²) in [7, 11) is 0. The van der Waals surface area contributed by atoms with Gasteiger partial charge in [-0.1, -0.05) is 32.0 Å². The molecule has 0 saturated carbocycles. The van der Waals surface area contributed by atoms with E-state index in [0.717, 1.165) is 12.8 Å².